The molecule has 1 atom stereocenters. The summed E-state index contributed by atoms with van der Waals surface area (Å²) in [4.78, 5) is 0.112. The molecule has 5 nitrogen and oxygen atoms in total. The second kappa shape index (κ2) is 6.87. The first-order valence-corrected chi connectivity index (χ1v) is 8.43. The maximum Gasteiger partial charge on any atom is 0.242 e. The minimum absolute atomic E-state index is 0.112. The minimum atomic E-state index is -3.61. The van der Waals surface area contributed by atoms with Gasteiger partial charge in [-0.3, -0.25) is 0 Å². The third-order valence-electron chi connectivity index (χ3n) is 3.10. The normalized spacial score (nSPS) is 20.6. The SMILES string of the molecule is Cc1ccc(Cl)c(S(=O)(=O)NCC2CNCCCO2)c1. The molecule has 1 fully saturated rings. The van der Waals surface area contributed by atoms with Crippen molar-refractivity contribution in [2.45, 2.75) is 24.3 Å². The maximum absolute atomic E-state index is 12.3. The van der Waals surface area contributed by atoms with Gasteiger partial charge in [0.15, 0.2) is 0 Å². The smallest absolute Gasteiger partial charge is 0.242 e. The van der Waals surface area contributed by atoms with Crippen LogP contribution in [-0.2, 0) is 14.8 Å². The van der Waals surface area contributed by atoms with E-state index in [-0.39, 0.29) is 22.6 Å². The largest absolute Gasteiger partial charge is 0.375 e. The van der Waals surface area contributed by atoms with E-state index in [9.17, 15) is 8.42 Å². The van der Waals surface area contributed by atoms with Crippen molar-refractivity contribution in [2.24, 2.45) is 0 Å². The molecular weight excluding hydrogens is 300 g/mol. The lowest BCUT2D eigenvalue weighted by molar-refractivity contribution is 0.0707. The van der Waals surface area contributed by atoms with Crippen LogP contribution in [0.15, 0.2) is 23.1 Å². The molecule has 1 aromatic carbocycles. The van der Waals surface area contributed by atoms with Crippen molar-refractivity contribution in [3.8, 4) is 0 Å². The molecule has 0 spiro atoms. The Bertz CT molecular complexity index is 555. The number of hydrogen-bond donors (Lipinski definition) is 2. The van der Waals surface area contributed by atoms with E-state index in [4.69, 9.17) is 16.3 Å². The van der Waals surface area contributed by atoms with Crippen molar-refractivity contribution >= 4 is 21.6 Å². The molecule has 0 aromatic heterocycles. The summed E-state index contributed by atoms with van der Waals surface area (Å²) in [6.07, 6.45) is 0.781. The molecular formula is C13H19ClN2O3S. The van der Waals surface area contributed by atoms with Crippen LogP contribution in [0.3, 0.4) is 0 Å². The molecule has 0 bridgehead atoms. The van der Waals surface area contributed by atoms with Crippen molar-refractivity contribution in [2.75, 3.05) is 26.2 Å². The minimum Gasteiger partial charge on any atom is -0.375 e. The second-order valence-corrected chi connectivity index (χ2v) is 6.98. The molecule has 7 heteroatoms. The van der Waals surface area contributed by atoms with Gasteiger partial charge >= 0.3 is 0 Å². The highest BCUT2D eigenvalue weighted by atomic mass is 35.5. The number of aryl methyl sites for hydroxylation is 1. The van der Waals surface area contributed by atoms with Crippen molar-refractivity contribution in [1.82, 2.24) is 10.0 Å². The Morgan fingerprint density at radius 2 is 2.30 bits per heavy atom. The second-order valence-electron chi connectivity index (χ2n) is 4.84. The van der Waals surface area contributed by atoms with Gasteiger partial charge in [-0.05, 0) is 37.6 Å². The van der Waals surface area contributed by atoms with Crippen molar-refractivity contribution in [3.63, 3.8) is 0 Å². The fraction of sp³-hybridized carbons (Fsp3) is 0.538. The summed E-state index contributed by atoms with van der Waals surface area (Å²) in [7, 11) is -3.61. The fourth-order valence-electron chi connectivity index (χ4n) is 2.00. The maximum atomic E-state index is 12.3. The van der Waals surface area contributed by atoms with E-state index < -0.39 is 10.0 Å². The van der Waals surface area contributed by atoms with Gasteiger partial charge in [-0.25, -0.2) is 13.1 Å². The first-order chi connectivity index (χ1) is 9.49. The van der Waals surface area contributed by atoms with Gasteiger partial charge < -0.3 is 10.1 Å². The molecule has 112 valence electrons. The van der Waals surface area contributed by atoms with E-state index in [0.717, 1.165) is 18.5 Å². The van der Waals surface area contributed by atoms with Crippen molar-refractivity contribution < 1.29 is 13.2 Å². The zero-order valence-corrected chi connectivity index (χ0v) is 12.9. The monoisotopic (exact) mass is 318 g/mol. The molecule has 1 aliphatic heterocycles. The van der Waals surface area contributed by atoms with E-state index in [1.807, 2.05) is 6.92 Å². The van der Waals surface area contributed by atoms with Crippen LogP contribution in [0, 0.1) is 6.92 Å². The quantitative estimate of drug-likeness (QED) is 0.878. The van der Waals surface area contributed by atoms with Crippen LogP contribution in [0.5, 0.6) is 0 Å². The molecule has 20 heavy (non-hydrogen) atoms. The van der Waals surface area contributed by atoms with Gasteiger partial charge in [0.1, 0.15) is 4.90 Å². The molecule has 2 N–H and O–H groups in total. The van der Waals surface area contributed by atoms with Gasteiger partial charge in [0.25, 0.3) is 0 Å². The molecule has 0 aliphatic carbocycles. The summed E-state index contributed by atoms with van der Waals surface area (Å²) in [5.41, 5.74) is 0.849. The van der Waals surface area contributed by atoms with Gasteiger partial charge in [0, 0.05) is 19.7 Å². The Hall–Kier alpha value is -0.660. The number of nitrogens with one attached hydrogen (secondary N) is 2. The predicted octanol–water partition coefficient (Wildman–Crippen LogP) is 1.31. The molecule has 1 aromatic rings. The average molecular weight is 319 g/mol. The Labute approximate surface area is 124 Å². The first kappa shape index (κ1) is 15.7. The van der Waals surface area contributed by atoms with Gasteiger partial charge in [0.2, 0.25) is 10.0 Å². The van der Waals surface area contributed by atoms with Crippen LogP contribution in [0.2, 0.25) is 5.02 Å². The lowest BCUT2D eigenvalue weighted by Gasteiger charge is -2.16. The average Bonchev–Trinajstić information content (AvgIpc) is 2.68. The highest BCUT2D eigenvalue weighted by Crippen LogP contribution is 2.22. The summed E-state index contributed by atoms with van der Waals surface area (Å²) in [6.45, 7) is 4.24. The number of rotatable bonds is 4. The van der Waals surface area contributed by atoms with E-state index in [1.54, 1.807) is 18.2 Å². The summed E-state index contributed by atoms with van der Waals surface area (Å²) >= 11 is 5.97. The van der Waals surface area contributed by atoms with Crippen LogP contribution in [0.1, 0.15) is 12.0 Å². The van der Waals surface area contributed by atoms with E-state index in [2.05, 4.69) is 10.0 Å². The Morgan fingerprint density at radius 3 is 3.10 bits per heavy atom. The Balaban J connectivity index is 2.05. The molecule has 0 radical (unpaired) electrons. The number of sulfonamides is 1. The first-order valence-electron chi connectivity index (χ1n) is 6.57. The zero-order valence-electron chi connectivity index (χ0n) is 11.4. The standard InChI is InChI=1S/C13H19ClN2O3S/c1-10-3-4-12(14)13(7-10)20(17,18)16-9-11-8-15-5-2-6-19-11/h3-4,7,11,15-16H,2,5-6,8-9H2,1H3. The third kappa shape index (κ3) is 4.17. The topological polar surface area (TPSA) is 67.4 Å². The van der Waals surface area contributed by atoms with Crippen molar-refractivity contribution in [1.29, 1.82) is 0 Å². The summed E-state index contributed by atoms with van der Waals surface area (Å²) in [5, 5.41) is 3.43. The van der Waals surface area contributed by atoms with E-state index in [1.165, 1.54) is 0 Å². The third-order valence-corrected chi connectivity index (χ3v) is 5.01. The lowest BCUT2D eigenvalue weighted by atomic mass is 10.2. The lowest BCUT2D eigenvalue weighted by Crippen LogP contribution is -2.38. The Morgan fingerprint density at radius 1 is 1.50 bits per heavy atom. The Kier molecular flexibility index (Phi) is 5.40. The van der Waals surface area contributed by atoms with Crippen LogP contribution in [0.4, 0.5) is 0 Å². The molecule has 0 saturated carbocycles. The molecule has 0 amide bonds. The van der Waals surface area contributed by atoms with E-state index in [0.29, 0.717) is 13.2 Å². The van der Waals surface area contributed by atoms with Gasteiger partial charge in [-0.2, -0.15) is 0 Å². The molecule has 1 aliphatic rings. The van der Waals surface area contributed by atoms with Gasteiger partial charge in [-0.1, -0.05) is 17.7 Å². The van der Waals surface area contributed by atoms with Crippen LogP contribution in [-0.4, -0.2) is 40.8 Å². The molecule has 1 heterocycles. The molecule has 2 rings (SSSR count). The summed E-state index contributed by atoms with van der Waals surface area (Å²) in [6, 6.07) is 4.94. The molecule has 1 saturated heterocycles. The molecule has 1 unspecified atom stereocenters. The highest BCUT2D eigenvalue weighted by molar-refractivity contribution is 7.89. The number of benzene rings is 1. The highest BCUT2D eigenvalue weighted by Gasteiger charge is 2.20. The number of ether oxygens (including phenoxy) is 1. The predicted molar refractivity (Wildman–Crippen MR) is 78.6 cm³/mol. The fourth-order valence-corrected chi connectivity index (χ4v) is 3.65. The van der Waals surface area contributed by atoms with Crippen LogP contribution in [0.25, 0.3) is 0 Å². The summed E-state index contributed by atoms with van der Waals surface area (Å²) < 4.78 is 32.7. The van der Waals surface area contributed by atoms with Crippen LogP contribution < -0.4 is 10.0 Å². The van der Waals surface area contributed by atoms with E-state index >= 15 is 0 Å². The van der Waals surface area contributed by atoms with Crippen molar-refractivity contribution in [3.05, 3.63) is 28.8 Å². The zero-order chi connectivity index (χ0) is 14.6. The summed E-state index contributed by atoms with van der Waals surface area (Å²) in [5.74, 6) is 0. The van der Waals surface area contributed by atoms with Crippen LogP contribution >= 0.6 is 11.6 Å². The number of hydrogen-bond acceptors (Lipinski definition) is 4. The van der Waals surface area contributed by atoms with Gasteiger partial charge in [0.05, 0.1) is 11.1 Å². The number of halogens is 1. The van der Waals surface area contributed by atoms with Gasteiger partial charge in [-0.15, -0.1) is 0 Å².